The number of nitrogens with zero attached hydrogens (tertiary/aromatic N) is 1. The Morgan fingerprint density at radius 2 is 2.00 bits per heavy atom. The van der Waals surface area contributed by atoms with Crippen molar-refractivity contribution in [3.8, 4) is 5.75 Å². The smallest absolute Gasteiger partial charge is 0.178 e. The highest BCUT2D eigenvalue weighted by molar-refractivity contribution is 7.71. The Bertz CT molecular complexity index is 621. The highest BCUT2D eigenvalue weighted by Crippen LogP contribution is 2.21. The molecule has 2 rings (SSSR count). The second-order valence-electron chi connectivity index (χ2n) is 4.78. The van der Waals surface area contributed by atoms with Crippen LogP contribution in [0.1, 0.15) is 12.8 Å². The Morgan fingerprint density at radius 3 is 2.76 bits per heavy atom. The Kier molecular flexibility index (Phi) is 6.22. The van der Waals surface area contributed by atoms with Gasteiger partial charge in [-0.1, -0.05) is 0 Å². The lowest BCUT2D eigenvalue weighted by atomic mass is 10.3. The number of rotatable bonds is 9. The van der Waals surface area contributed by atoms with Crippen molar-refractivity contribution in [2.75, 3.05) is 34.0 Å². The normalized spacial score (nSPS) is 11.1. The summed E-state index contributed by atoms with van der Waals surface area (Å²) in [6.45, 7) is 2.93. The van der Waals surface area contributed by atoms with Gasteiger partial charge in [0.05, 0.1) is 31.4 Å². The first-order valence-electron chi connectivity index (χ1n) is 7.09. The summed E-state index contributed by atoms with van der Waals surface area (Å²) >= 11 is 5.39. The van der Waals surface area contributed by atoms with E-state index in [9.17, 15) is 0 Å². The third kappa shape index (κ3) is 4.30. The monoisotopic (exact) mass is 310 g/mol. The summed E-state index contributed by atoms with van der Waals surface area (Å²) in [6, 6.07) is 5.94. The number of H-pyrrole nitrogens is 1. The van der Waals surface area contributed by atoms with Crippen molar-refractivity contribution in [3.05, 3.63) is 23.0 Å². The number of unbranched alkanes of at least 4 members (excludes halogenated alkanes) is 1. The van der Waals surface area contributed by atoms with Gasteiger partial charge >= 0.3 is 0 Å². The van der Waals surface area contributed by atoms with E-state index >= 15 is 0 Å². The van der Waals surface area contributed by atoms with Crippen molar-refractivity contribution in [1.29, 1.82) is 0 Å². The number of hydrogen-bond acceptors (Lipinski definition) is 4. The van der Waals surface area contributed by atoms with Crippen LogP contribution < -0.4 is 4.74 Å². The zero-order chi connectivity index (χ0) is 15.1. The van der Waals surface area contributed by atoms with Crippen molar-refractivity contribution in [2.45, 2.75) is 19.4 Å². The van der Waals surface area contributed by atoms with E-state index < -0.39 is 0 Å². The van der Waals surface area contributed by atoms with Crippen molar-refractivity contribution < 1.29 is 14.2 Å². The second-order valence-corrected chi connectivity index (χ2v) is 5.16. The highest BCUT2D eigenvalue weighted by atomic mass is 32.1. The molecule has 0 atom stereocenters. The first-order chi connectivity index (χ1) is 10.3. The maximum absolute atomic E-state index is 5.46. The lowest BCUT2D eigenvalue weighted by Crippen LogP contribution is -2.04. The number of fused-ring (bicyclic) bond motifs is 1. The summed E-state index contributed by atoms with van der Waals surface area (Å²) in [5.41, 5.74) is 2.12. The number of aryl methyl sites for hydroxylation is 1. The van der Waals surface area contributed by atoms with E-state index in [1.807, 2.05) is 18.2 Å². The van der Waals surface area contributed by atoms with E-state index in [0.29, 0.717) is 13.2 Å². The molecule has 2 aromatic rings. The second kappa shape index (κ2) is 8.17. The molecule has 1 aromatic carbocycles. The van der Waals surface area contributed by atoms with Crippen LogP contribution in [0.5, 0.6) is 5.75 Å². The Balaban J connectivity index is 1.92. The number of methoxy groups -OCH3 is 2. The summed E-state index contributed by atoms with van der Waals surface area (Å²) in [5, 5.41) is 0. The van der Waals surface area contributed by atoms with Crippen LogP contribution in [0.2, 0.25) is 0 Å². The summed E-state index contributed by atoms with van der Waals surface area (Å²) in [5.74, 6) is 0.841. The number of benzene rings is 1. The van der Waals surface area contributed by atoms with Gasteiger partial charge in [0.15, 0.2) is 4.77 Å². The van der Waals surface area contributed by atoms with Crippen molar-refractivity contribution in [2.24, 2.45) is 0 Å². The molecule has 0 spiro atoms. The van der Waals surface area contributed by atoms with Gasteiger partial charge in [0.1, 0.15) is 5.75 Å². The predicted octanol–water partition coefficient (Wildman–Crippen LogP) is 3.15. The molecule has 0 aliphatic heterocycles. The molecule has 5 nitrogen and oxygen atoms in total. The SMILES string of the molecule is COCCOCCCCn1c(=S)[nH]c2ccc(OC)cc21. The van der Waals surface area contributed by atoms with Gasteiger partial charge in [-0.3, -0.25) is 0 Å². The molecule has 0 saturated heterocycles. The van der Waals surface area contributed by atoms with Gasteiger partial charge < -0.3 is 23.8 Å². The van der Waals surface area contributed by atoms with Crippen LogP contribution in [-0.4, -0.2) is 43.6 Å². The fourth-order valence-corrected chi connectivity index (χ4v) is 2.50. The van der Waals surface area contributed by atoms with E-state index in [0.717, 1.165) is 47.5 Å². The molecule has 0 unspecified atom stereocenters. The minimum Gasteiger partial charge on any atom is -0.497 e. The molecule has 21 heavy (non-hydrogen) atoms. The first kappa shape index (κ1) is 16.0. The largest absolute Gasteiger partial charge is 0.497 e. The van der Waals surface area contributed by atoms with Crippen LogP contribution in [0, 0.1) is 4.77 Å². The molecule has 116 valence electrons. The molecule has 1 heterocycles. The number of ether oxygens (including phenoxy) is 3. The molecule has 1 N–H and O–H groups in total. The third-order valence-electron chi connectivity index (χ3n) is 3.33. The van der Waals surface area contributed by atoms with Gasteiger partial charge in [-0.05, 0) is 37.2 Å². The lowest BCUT2D eigenvalue weighted by Gasteiger charge is -2.06. The molecular weight excluding hydrogens is 288 g/mol. The fourth-order valence-electron chi connectivity index (χ4n) is 2.20. The summed E-state index contributed by atoms with van der Waals surface area (Å²) in [4.78, 5) is 3.22. The zero-order valence-electron chi connectivity index (χ0n) is 12.6. The van der Waals surface area contributed by atoms with Crippen LogP contribution in [-0.2, 0) is 16.0 Å². The number of hydrogen-bond donors (Lipinski definition) is 1. The molecule has 0 aliphatic rings. The average molecular weight is 310 g/mol. The maximum atomic E-state index is 5.46. The first-order valence-corrected chi connectivity index (χ1v) is 7.50. The van der Waals surface area contributed by atoms with E-state index in [-0.39, 0.29) is 0 Å². The third-order valence-corrected chi connectivity index (χ3v) is 3.66. The molecule has 0 bridgehead atoms. The van der Waals surface area contributed by atoms with E-state index in [2.05, 4.69) is 9.55 Å². The van der Waals surface area contributed by atoms with Crippen molar-refractivity contribution in [3.63, 3.8) is 0 Å². The van der Waals surface area contributed by atoms with Gasteiger partial charge in [-0.2, -0.15) is 0 Å². The molecule has 0 saturated carbocycles. The quantitative estimate of drug-likeness (QED) is 0.571. The number of aromatic amines is 1. The summed E-state index contributed by atoms with van der Waals surface area (Å²) in [7, 11) is 3.35. The average Bonchev–Trinajstić information content (AvgIpc) is 2.81. The van der Waals surface area contributed by atoms with Gasteiger partial charge in [0, 0.05) is 26.3 Å². The van der Waals surface area contributed by atoms with E-state index in [1.165, 1.54) is 0 Å². The van der Waals surface area contributed by atoms with Crippen molar-refractivity contribution >= 4 is 23.3 Å². The van der Waals surface area contributed by atoms with E-state index in [1.54, 1.807) is 14.2 Å². The number of aromatic nitrogens is 2. The molecule has 0 amide bonds. The summed E-state index contributed by atoms with van der Waals surface area (Å²) < 4.78 is 18.5. The lowest BCUT2D eigenvalue weighted by molar-refractivity contribution is 0.0684. The standard InChI is InChI=1S/C15H22N2O3S/c1-18-9-10-20-8-4-3-7-17-14-11-12(19-2)5-6-13(14)16-15(17)21/h5-6,11H,3-4,7-10H2,1-2H3,(H,16,21). The molecule has 0 radical (unpaired) electrons. The molecule has 1 aromatic heterocycles. The topological polar surface area (TPSA) is 48.4 Å². The number of imidazole rings is 1. The predicted molar refractivity (Wildman–Crippen MR) is 85.6 cm³/mol. The molecule has 0 aliphatic carbocycles. The zero-order valence-corrected chi connectivity index (χ0v) is 13.4. The molecule has 6 heteroatoms. The van der Waals surface area contributed by atoms with Crippen LogP contribution in [0.4, 0.5) is 0 Å². The Hall–Kier alpha value is -1.37. The summed E-state index contributed by atoms with van der Waals surface area (Å²) in [6.07, 6.45) is 2.02. The van der Waals surface area contributed by atoms with Gasteiger partial charge in [0.2, 0.25) is 0 Å². The minimum absolute atomic E-state index is 0.646. The Labute approximate surface area is 129 Å². The van der Waals surface area contributed by atoms with Gasteiger partial charge in [-0.25, -0.2) is 0 Å². The van der Waals surface area contributed by atoms with Gasteiger partial charge in [-0.15, -0.1) is 0 Å². The van der Waals surface area contributed by atoms with E-state index in [4.69, 9.17) is 26.4 Å². The van der Waals surface area contributed by atoms with Crippen LogP contribution in [0.3, 0.4) is 0 Å². The van der Waals surface area contributed by atoms with Crippen LogP contribution in [0.25, 0.3) is 11.0 Å². The van der Waals surface area contributed by atoms with Crippen LogP contribution >= 0.6 is 12.2 Å². The molecular formula is C15H22N2O3S. The maximum Gasteiger partial charge on any atom is 0.178 e. The minimum atomic E-state index is 0.646. The Morgan fingerprint density at radius 1 is 1.14 bits per heavy atom. The number of nitrogens with one attached hydrogen (secondary N) is 1. The van der Waals surface area contributed by atoms with Gasteiger partial charge in [0.25, 0.3) is 0 Å². The van der Waals surface area contributed by atoms with Crippen LogP contribution in [0.15, 0.2) is 18.2 Å². The van der Waals surface area contributed by atoms with Crippen molar-refractivity contribution in [1.82, 2.24) is 9.55 Å². The fraction of sp³-hybridized carbons (Fsp3) is 0.533. The molecule has 0 fully saturated rings. The highest BCUT2D eigenvalue weighted by Gasteiger charge is 2.05.